The molecule has 3 N–H and O–H groups in total. The first-order valence-electron chi connectivity index (χ1n) is 5.78. The maximum absolute atomic E-state index is 13.7. The molecule has 0 amide bonds. The van der Waals surface area contributed by atoms with Gasteiger partial charge in [0, 0.05) is 12.1 Å². The topological polar surface area (TPSA) is 38.0 Å². The quantitative estimate of drug-likeness (QED) is 0.897. The number of rotatable bonds is 4. The van der Waals surface area contributed by atoms with E-state index in [-0.39, 0.29) is 12.1 Å². The molecule has 0 fully saturated rings. The second kappa shape index (κ2) is 5.99. The third-order valence-corrected chi connectivity index (χ3v) is 3.12. The van der Waals surface area contributed by atoms with Crippen LogP contribution in [0.5, 0.6) is 0 Å². The van der Waals surface area contributed by atoms with Crippen LogP contribution >= 0.6 is 11.6 Å². The second-order valence-corrected chi connectivity index (χ2v) is 4.46. The molecule has 100 valence electrons. The molecule has 0 saturated carbocycles. The lowest BCUT2D eigenvalue weighted by atomic mass is 10.1. The van der Waals surface area contributed by atoms with Crippen LogP contribution in [-0.4, -0.2) is 6.54 Å². The van der Waals surface area contributed by atoms with Crippen molar-refractivity contribution < 1.29 is 8.78 Å². The highest BCUT2D eigenvalue weighted by Gasteiger charge is 2.19. The van der Waals surface area contributed by atoms with E-state index >= 15 is 0 Å². The molecule has 2 aromatic carbocycles. The van der Waals surface area contributed by atoms with E-state index in [1.165, 1.54) is 18.2 Å². The summed E-state index contributed by atoms with van der Waals surface area (Å²) in [6, 6.07) is 10.0. The molecule has 0 spiro atoms. The monoisotopic (exact) mass is 282 g/mol. The first kappa shape index (κ1) is 13.8. The Morgan fingerprint density at radius 3 is 2.26 bits per heavy atom. The Bertz CT molecular complexity index is 555. The lowest BCUT2D eigenvalue weighted by Gasteiger charge is -2.20. The van der Waals surface area contributed by atoms with Gasteiger partial charge in [0.05, 0.1) is 16.8 Å². The molecule has 0 aromatic heterocycles. The van der Waals surface area contributed by atoms with Crippen molar-refractivity contribution >= 4 is 17.3 Å². The maximum Gasteiger partial charge on any atom is 0.131 e. The van der Waals surface area contributed by atoms with Gasteiger partial charge in [0.2, 0.25) is 0 Å². The highest BCUT2D eigenvalue weighted by Crippen LogP contribution is 2.28. The van der Waals surface area contributed by atoms with Crippen LogP contribution in [-0.2, 0) is 0 Å². The van der Waals surface area contributed by atoms with Crippen molar-refractivity contribution in [2.45, 2.75) is 6.04 Å². The van der Waals surface area contributed by atoms with Gasteiger partial charge in [-0.1, -0.05) is 29.8 Å². The molecule has 1 unspecified atom stereocenters. The third-order valence-electron chi connectivity index (χ3n) is 2.79. The average molecular weight is 283 g/mol. The molecule has 0 bridgehead atoms. The Balaban J connectivity index is 2.34. The first-order valence-corrected chi connectivity index (χ1v) is 6.16. The number of hydrogen-bond donors (Lipinski definition) is 2. The van der Waals surface area contributed by atoms with E-state index < -0.39 is 17.7 Å². The van der Waals surface area contributed by atoms with Crippen LogP contribution in [0.25, 0.3) is 0 Å². The molecule has 0 aliphatic carbocycles. The predicted octanol–water partition coefficient (Wildman–Crippen LogP) is 3.73. The second-order valence-electron chi connectivity index (χ2n) is 4.05. The maximum atomic E-state index is 13.7. The Kier molecular flexibility index (Phi) is 4.35. The van der Waals surface area contributed by atoms with Gasteiger partial charge in [-0.3, -0.25) is 0 Å². The fraction of sp³-hybridized carbons (Fsp3) is 0.143. The van der Waals surface area contributed by atoms with Crippen molar-refractivity contribution in [3.8, 4) is 0 Å². The minimum absolute atomic E-state index is 0.0447. The molecular formula is C14H13ClF2N2. The fourth-order valence-electron chi connectivity index (χ4n) is 1.86. The molecule has 0 aliphatic heterocycles. The summed E-state index contributed by atoms with van der Waals surface area (Å²) in [6.45, 7) is 0.0447. The van der Waals surface area contributed by atoms with E-state index in [1.54, 1.807) is 24.3 Å². The van der Waals surface area contributed by atoms with E-state index in [4.69, 9.17) is 17.3 Å². The fourth-order valence-corrected chi connectivity index (χ4v) is 2.05. The summed E-state index contributed by atoms with van der Waals surface area (Å²) in [6.07, 6.45) is 0. The molecule has 0 heterocycles. The molecule has 2 nitrogen and oxygen atoms in total. The SMILES string of the molecule is NCC(Nc1ccccc1Cl)c1c(F)cccc1F. The van der Waals surface area contributed by atoms with Crippen LogP contribution < -0.4 is 11.1 Å². The Morgan fingerprint density at radius 2 is 1.68 bits per heavy atom. The van der Waals surface area contributed by atoms with Gasteiger partial charge in [-0.2, -0.15) is 0 Å². The van der Waals surface area contributed by atoms with Gasteiger partial charge < -0.3 is 11.1 Å². The van der Waals surface area contributed by atoms with E-state index in [1.807, 2.05) is 0 Å². The van der Waals surface area contributed by atoms with Gasteiger partial charge in [-0.05, 0) is 24.3 Å². The summed E-state index contributed by atoms with van der Waals surface area (Å²) >= 11 is 6.00. The summed E-state index contributed by atoms with van der Waals surface area (Å²) in [7, 11) is 0. The van der Waals surface area contributed by atoms with Crippen LogP contribution in [0.2, 0.25) is 5.02 Å². The van der Waals surface area contributed by atoms with Gasteiger partial charge in [-0.15, -0.1) is 0 Å². The predicted molar refractivity (Wildman–Crippen MR) is 73.2 cm³/mol. The molecule has 19 heavy (non-hydrogen) atoms. The summed E-state index contributed by atoms with van der Waals surface area (Å²) < 4.78 is 27.4. The normalized spacial score (nSPS) is 12.2. The van der Waals surface area contributed by atoms with Crippen molar-refractivity contribution in [1.82, 2.24) is 0 Å². The van der Waals surface area contributed by atoms with Crippen LogP contribution in [0.15, 0.2) is 42.5 Å². The minimum Gasteiger partial charge on any atom is -0.376 e. The van der Waals surface area contributed by atoms with Crippen molar-refractivity contribution in [3.63, 3.8) is 0 Å². The third kappa shape index (κ3) is 3.03. The summed E-state index contributed by atoms with van der Waals surface area (Å²) in [5, 5.41) is 3.43. The lowest BCUT2D eigenvalue weighted by Crippen LogP contribution is -2.23. The number of anilines is 1. The van der Waals surface area contributed by atoms with E-state index in [0.717, 1.165) is 0 Å². The molecule has 0 radical (unpaired) electrons. The molecule has 2 rings (SSSR count). The van der Waals surface area contributed by atoms with Crippen molar-refractivity contribution in [2.24, 2.45) is 5.73 Å². The average Bonchev–Trinajstić information content (AvgIpc) is 2.39. The Hall–Kier alpha value is -1.65. The standard InChI is InChI=1S/C14H13ClF2N2/c15-9-4-1-2-7-12(9)19-13(8-18)14-10(16)5-3-6-11(14)17/h1-7,13,19H,8,18H2. The minimum atomic E-state index is -0.680. The van der Waals surface area contributed by atoms with Gasteiger partial charge in [0.15, 0.2) is 0 Å². The van der Waals surface area contributed by atoms with Gasteiger partial charge in [0.25, 0.3) is 0 Å². The summed E-state index contributed by atoms with van der Waals surface area (Å²) in [4.78, 5) is 0. The molecule has 0 saturated heterocycles. The lowest BCUT2D eigenvalue weighted by molar-refractivity contribution is 0.537. The number of halogens is 3. The first-order chi connectivity index (χ1) is 9.13. The summed E-state index contributed by atoms with van der Waals surface area (Å²) in [5.74, 6) is -1.26. The number of hydrogen-bond acceptors (Lipinski definition) is 2. The Morgan fingerprint density at radius 1 is 1.05 bits per heavy atom. The molecule has 0 aliphatic rings. The van der Waals surface area contributed by atoms with Crippen LogP contribution in [0.4, 0.5) is 14.5 Å². The van der Waals surface area contributed by atoms with Crippen LogP contribution in [0.1, 0.15) is 11.6 Å². The smallest absolute Gasteiger partial charge is 0.131 e. The van der Waals surface area contributed by atoms with Gasteiger partial charge in [0.1, 0.15) is 11.6 Å². The van der Waals surface area contributed by atoms with Crippen LogP contribution in [0.3, 0.4) is 0 Å². The molecular weight excluding hydrogens is 270 g/mol. The highest BCUT2D eigenvalue weighted by atomic mass is 35.5. The van der Waals surface area contributed by atoms with E-state index in [0.29, 0.717) is 10.7 Å². The number of nitrogens with one attached hydrogen (secondary N) is 1. The zero-order chi connectivity index (χ0) is 13.8. The van der Waals surface area contributed by atoms with Gasteiger partial charge >= 0.3 is 0 Å². The van der Waals surface area contributed by atoms with Crippen molar-refractivity contribution in [3.05, 3.63) is 64.7 Å². The van der Waals surface area contributed by atoms with E-state index in [9.17, 15) is 8.78 Å². The largest absolute Gasteiger partial charge is 0.376 e. The number of para-hydroxylation sites is 1. The Labute approximate surface area is 115 Å². The van der Waals surface area contributed by atoms with Crippen molar-refractivity contribution in [1.29, 1.82) is 0 Å². The highest BCUT2D eigenvalue weighted by molar-refractivity contribution is 6.33. The molecule has 1 atom stereocenters. The molecule has 2 aromatic rings. The number of nitrogens with two attached hydrogens (primary N) is 1. The van der Waals surface area contributed by atoms with Crippen molar-refractivity contribution in [2.75, 3.05) is 11.9 Å². The van der Waals surface area contributed by atoms with E-state index in [2.05, 4.69) is 5.32 Å². The van der Waals surface area contributed by atoms with Crippen LogP contribution in [0, 0.1) is 11.6 Å². The zero-order valence-corrected chi connectivity index (χ0v) is 10.8. The number of benzene rings is 2. The van der Waals surface area contributed by atoms with Gasteiger partial charge in [-0.25, -0.2) is 8.78 Å². The molecule has 5 heteroatoms. The summed E-state index contributed by atoms with van der Waals surface area (Å²) in [5.41, 5.74) is 6.11. The zero-order valence-electron chi connectivity index (χ0n) is 10.0.